The van der Waals surface area contributed by atoms with Crippen LogP contribution in [0.4, 0.5) is 0 Å². The molecule has 0 radical (unpaired) electrons. The topological polar surface area (TPSA) is 47.6 Å². The molecule has 0 aromatic heterocycles. The lowest BCUT2D eigenvalue weighted by molar-refractivity contribution is -0.135. The van der Waals surface area contributed by atoms with Crippen LogP contribution in [0.25, 0.3) is 0 Å². The molecule has 0 unspecified atom stereocenters. The normalized spacial score (nSPS) is 9.94. The summed E-state index contributed by atoms with van der Waals surface area (Å²) in [5.74, 6) is 0.106. The Hall–Kier alpha value is -0.970. The highest BCUT2D eigenvalue weighted by Crippen LogP contribution is 2.26. The molecule has 1 rings (SSSR count). The first-order valence-electron chi connectivity index (χ1n) is 4.62. The summed E-state index contributed by atoms with van der Waals surface area (Å²) in [7, 11) is 0. The third-order valence-electron chi connectivity index (χ3n) is 1.59. The van der Waals surface area contributed by atoms with Crippen LogP contribution in [-0.4, -0.2) is 19.1 Å². The van der Waals surface area contributed by atoms with Gasteiger partial charge in [0.15, 0.2) is 6.61 Å². The van der Waals surface area contributed by atoms with Crippen LogP contribution in [0.3, 0.4) is 0 Å². The minimum absolute atomic E-state index is 0.141. The van der Waals surface area contributed by atoms with Crippen molar-refractivity contribution in [2.45, 2.75) is 6.92 Å². The molecule has 0 bridgehead atoms. The molecule has 4 nitrogen and oxygen atoms in total. The van der Waals surface area contributed by atoms with Crippen LogP contribution in [-0.2, 0) is 9.63 Å². The highest BCUT2D eigenvalue weighted by atomic mass is 35.5. The lowest BCUT2D eigenvalue weighted by Gasteiger charge is -2.07. The summed E-state index contributed by atoms with van der Waals surface area (Å²) in [6, 6.07) is 4.76. The van der Waals surface area contributed by atoms with E-state index in [0.29, 0.717) is 22.4 Å². The second kappa shape index (κ2) is 6.58. The smallest absolute Gasteiger partial charge is 0.281 e. The Bertz CT molecular complexity index is 371. The zero-order valence-electron chi connectivity index (χ0n) is 8.63. The van der Waals surface area contributed by atoms with Gasteiger partial charge in [0, 0.05) is 6.07 Å². The van der Waals surface area contributed by atoms with Gasteiger partial charge in [0.05, 0.1) is 16.7 Å². The van der Waals surface area contributed by atoms with Gasteiger partial charge in [0.2, 0.25) is 0 Å². The maximum atomic E-state index is 11.1. The van der Waals surface area contributed by atoms with E-state index in [-0.39, 0.29) is 12.5 Å². The van der Waals surface area contributed by atoms with Crippen molar-refractivity contribution < 1.29 is 14.4 Å². The number of benzene rings is 1. The van der Waals surface area contributed by atoms with Crippen molar-refractivity contribution in [1.29, 1.82) is 0 Å². The van der Waals surface area contributed by atoms with Crippen molar-refractivity contribution >= 4 is 29.1 Å². The monoisotopic (exact) mass is 263 g/mol. The summed E-state index contributed by atoms with van der Waals surface area (Å²) >= 11 is 11.5. The van der Waals surface area contributed by atoms with Crippen molar-refractivity contribution in [1.82, 2.24) is 5.48 Å². The first-order chi connectivity index (χ1) is 7.63. The van der Waals surface area contributed by atoms with E-state index < -0.39 is 0 Å². The van der Waals surface area contributed by atoms with E-state index >= 15 is 0 Å². The van der Waals surface area contributed by atoms with E-state index in [1.165, 1.54) is 6.07 Å². The van der Waals surface area contributed by atoms with Crippen molar-refractivity contribution in [2.24, 2.45) is 0 Å². The Morgan fingerprint density at radius 2 is 2.12 bits per heavy atom. The fourth-order valence-electron chi connectivity index (χ4n) is 0.898. The van der Waals surface area contributed by atoms with Gasteiger partial charge >= 0.3 is 0 Å². The number of hydroxylamine groups is 1. The zero-order chi connectivity index (χ0) is 12.0. The number of carbonyl (C=O) groups is 1. The molecule has 1 aromatic rings. The van der Waals surface area contributed by atoms with E-state index in [0.717, 1.165) is 0 Å². The van der Waals surface area contributed by atoms with E-state index in [9.17, 15) is 4.79 Å². The Kier molecular flexibility index (Phi) is 5.38. The van der Waals surface area contributed by atoms with Gasteiger partial charge in [-0.3, -0.25) is 9.63 Å². The summed E-state index contributed by atoms with van der Waals surface area (Å²) in [6.45, 7) is 2.02. The van der Waals surface area contributed by atoms with Gasteiger partial charge in [-0.25, -0.2) is 5.48 Å². The fraction of sp³-hybridized carbons (Fsp3) is 0.300. The molecule has 0 aliphatic heterocycles. The summed E-state index contributed by atoms with van der Waals surface area (Å²) in [5, 5.41) is 0.817. The predicted molar refractivity (Wildman–Crippen MR) is 61.7 cm³/mol. The lowest BCUT2D eigenvalue weighted by Crippen LogP contribution is -2.28. The number of amides is 1. The maximum absolute atomic E-state index is 11.1. The molecule has 0 aliphatic rings. The number of hydrogen-bond acceptors (Lipinski definition) is 3. The second-order valence-corrected chi connectivity index (χ2v) is 3.64. The van der Waals surface area contributed by atoms with Gasteiger partial charge in [-0.15, -0.1) is 0 Å². The van der Waals surface area contributed by atoms with Crippen LogP contribution in [0.15, 0.2) is 18.2 Å². The first-order valence-corrected chi connectivity index (χ1v) is 5.37. The fourth-order valence-corrected chi connectivity index (χ4v) is 1.19. The number of ether oxygens (including phenoxy) is 1. The number of carbonyl (C=O) groups excluding carboxylic acids is 1. The molecule has 16 heavy (non-hydrogen) atoms. The molecule has 0 heterocycles. The summed E-state index contributed by atoms with van der Waals surface area (Å²) < 4.78 is 5.17. The number of hydrogen-bond donors (Lipinski definition) is 1. The van der Waals surface area contributed by atoms with Crippen LogP contribution in [0.5, 0.6) is 5.75 Å². The molecule has 6 heteroatoms. The van der Waals surface area contributed by atoms with Crippen LogP contribution < -0.4 is 10.2 Å². The predicted octanol–water partition coefficient (Wildman–Crippen LogP) is 2.44. The lowest BCUT2D eigenvalue weighted by atomic mass is 10.3. The van der Waals surface area contributed by atoms with Crippen LogP contribution in [0, 0.1) is 0 Å². The molecule has 0 fully saturated rings. The third kappa shape index (κ3) is 4.26. The molecule has 88 valence electrons. The highest BCUT2D eigenvalue weighted by molar-refractivity contribution is 6.42. The van der Waals surface area contributed by atoms with Crippen molar-refractivity contribution in [2.75, 3.05) is 13.2 Å². The van der Waals surface area contributed by atoms with Crippen molar-refractivity contribution in [3.63, 3.8) is 0 Å². The van der Waals surface area contributed by atoms with E-state index in [2.05, 4.69) is 5.48 Å². The van der Waals surface area contributed by atoms with Crippen LogP contribution in [0.1, 0.15) is 6.92 Å². The third-order valence-corrected chi connectivity index (χ3v) is 2.33. The van der Waals surface area contributed by atoms with E-state index in [1.807, 2.05) is 0 Å². The second-order valence-electron chi connectivity index (χ2n) is 2.82. The Morgan fingerprint density at radius 3 is 2.75 bits per heavy atom. The van der Waals surface area contributed by atoms with E-state index in [1.54, 1.807) is 19.1 Å². The SMILES string of the molecule is CCONC(=O)COc1ccc(Cl)c(Cl)c1. The Morgan fingerprint density at radius 1 is 1.38 bits per heavy atom. The summed E-state index contributed by atoms with van der Waals surface area (Å²) in [5.41, 5.74) is 2.21. The van der Waals surface area contributed by atoms with Crippen LogP contribution in [0.2, 0.25) is 10.0 Å². The molecule has 0 aliphatic carbocycles. The van der Waals surface area contributed by atoms with E-state index in [4.69, 9.17) is 32.8 Å². The Labute approximate surface area is 103 Å². The Balaban J connectivity index is 2.42. The molecule has 0 saturated heterocycles. The standard InChI is InChI=1S/C10H11Cl2NO3/c1-2-16-13-10(14)6-15-7-3-4-8(11)9(12)5-7/h3-5H,2,6H2,1H3,(H,13,14). The molecule has 0 atom stereocenters. The minimum Gasteiger partial charge on any atom is -0.484 e. The van der Waals surface area contributed by atoms with Gasteiger partial charge in [0.1, 0.15) is 5.75 Å². The molecule has 1 amide bonds. The summed E-state index contributed by atoms with van der Waals surface area (Å²) in [6.07, 6.45) is 0. The highest BCUT2D eigenvalue weighted by Gasteiger charge is 2.04. The number of rotatable bonds is 5. The molecule has 0 spiro atoms. The number of nitrogens with one attached hydrogen (secondary N) is 1. The van der Waals surface area contributed by atoms with Gasteiger partial charge < -0.3 is 4.74 Å². The number of halogens is 2. The molecular formula is C10H11Cl2NO3. The van der Waals surface area contributed by atoms with Gasteiger partial charge in [0.25, 0.3) is 5.91 Å². The van der Waals surface area contributed by atoms with Gasteiger partial charge in [-0.2, -0.15) is 0 Å². The zero-order valence-corrected chi connectivity index (χ0v) is 10.1. The van der Waals surface area contributed by atoms with Gasteiger partial charge in [-0.1, -0.05) is 23.2 Å². The quantitative estimate of drug-likeness (QED) is 0.831. The molecule has 1 N–H and O–H groups in total. The van der Waals surface area contributed by atoms with Crippen molar-refractivity contribution in [3.8, 4) is 5.75 Å². The van der Waals surface area contributed by atoms with Gasteiger partial charge in [-0.05, 0) is 19.1 Å². The molecule has 1 aromatic carbocycles. The minimum atomic E-state index is -0.368. The first kappa shape index (κ1) is 13.1. The van der Waals surface area contributed by atoms with Crippen molar-refractivity contribution in [3.05, 3.63) is 28.2 Å². The average molecular weight is 264 g/mol. The summed E-state index contributed by atoms with van der Waals surface area (Å²) in [4.78, 5) is 15.8. The molecular weight excluding hydrogens is 253 g/mol. The largest absolute Gasteiger partial charge is 0.484 e. The average Bonchev–Trinajstić information content (AvgIpc) is 2.28. The van der Waals surface area contributed by atoms with Crippen LogP contribution >= 0.6 is 23.2 Å². The molecule has 0 saturated carbocycles. The maximum Gasteiger partial charge on any atom is 0.281 e.